The number of hydrogen-bond acceptors (Lipinski definition) is 4. The van der Waals surface area contributed by atoms with E-state index in [1.54, 1.807) is 29.6 Å². The summed E-state index contributed by atoms with van der Waals surface area (Å²) in [6.07, 6.45) is 0.852. The molecule has 0 radical (unpaired) electrons. The second kappa shape index (κ2) is 6.43. The monoisotopic (exact) mass is 362 g/mol. The van der Waals surface area contributed by atoms with Crippen molar-refractivity contribution in [1.82, 2.24) is 9.62 Å². The smallest absolute Gasteiger partial charge is 0.243 e. The first-order valence-corrected chi connectivity index (χ1v) is 8.80. The van der Waals surface area contributed by atoms with Gasteiger partial charge in [0.25, 0.3) is 0 Å². The van der Waals surface area contributed by atoms with Crippen molar-refractivity contribution in [1.29, 1.82) is 0 Å². The van der Waals surface area contributed by atoms with Crippen molar-refractivity contribution >= 4 is 26.0 Å². The number of methoxy groups -OCH3 is 1. The maximum absolute atomic E-state index is 12.7. The van der Waals surface area contributed by atoms with E-state index in [4.69, 9.17) is 4.74 Å². The van der Waals surface area contributed by atoms with Gasteiger partial charge < -0.3 is 10.1 Å². The highest BCUT2D eigenvalue weighted by Crippen LogP contribution is 2.29. The lowest BCUT2D eigenvalue weighted by molar-refractivity contribution is 0.348. The Balaban J connectivity index is 2.35. The molecule has 0 saturated carbocycles. The summed E-state index contributed by atoms with van der Waals surface area (Å²) in [7, 11) is -1.92. The second-order valence-corrected chi connectivity index (χ2v) is 7.40. The highest BCUT2D eigenvalue weighted by atomic mass is 79.9. The van der Waals surface area contributed by atoms with Crippen LogP contribution in [0.4, 0.5) is 0 Å². The molecule has 20 heavy (non-hydrogen) atoms. The number of likely N-dealkylation sites (N-methyl/N-ethyl adjacent to an activating group) is 1. The Hall–Kier alpha value is -0.630. The van der Waals surface area contributed by atoms with Gasteiger partial charge in [0, 0.05) is 19.1 Å². The zero-order valence-electron chi connectivity index (χ0n) is 11.6. The van der Waals surface area contributed by atoms with Gasteiger partial charge in [0.1, 0.15) is 5.75 Å². The van der Waals surface area contributed by atoms with Gasteiger partial charge in [-0.2, -0.15) is 4.31 Å². The Morgan fingerprint density at radius 3 is 2.75 bits per heavy atom. The average Bonchev–Trinajstić information content (AvgIpc) is 2.93. The van der Waals surface area contributed by atoms with Gasteiger partial charge in [-0.05, 0) is 47.1 Å². The lowest BCUT2D eigenvalue weighted by Gasteiger charge is -2.26. The summed E-state index contributed by atoms with van der Waals surface area (Å²) in [5, 5.41) is 3.20. The van der Waals surface area contributed by atoms with Gasteiger partial charge in [-0.3, -0.25) is 0 Å². The molecule has 1 aliphatic heterocycles. The average molecular weight is 363 g/mol. The number of sulfonamides is 1. The molecule has 0 bridgehead atoms. The summed E-state index contributed by atoms with van der Waals surface area (Å²) in [5.41, 5.74) is 0. The van der Waals surface area contributed by atoms with Crippen molar-refractivity contribution in [3.8, 4) is 5.75 Å². The van der Waals surface area contributed by atoms with Gasteiger partial charge in [0.15, 0.2) is 0 Å². The van der Waals surface area contributed by atoms with Crippen LogP contribution in [0.1, 0.15) is 13.3 Å². The van der Waals surface area contributed by atoms with Crippen LogP contribution < -0.4 is 10.1 Å². The normalized spacial score (nSPS) is 19.5. The zero-order chi connectivity index (χ0) is 14.8. The topological polar surface area (TPSA) is 58.6 Å². The predicted octanol–water partition coefficient (Wildman–Crippen LogP) is 1.83. The fourth-order valence-corrected chi connectivity index (χ4v) is 4.83. The SMILES string of the molecule is CCN(C1CCNC1)S(=O)(=O)c1ccc(OC)c(Br)c1. The highest BCUT2D eigenvalue weighted by Gasteiger charge is 2.32. The fourth-order valence-electron chi connectivity index (χ4n) is 2.45. The number of halogens is 1. The number of nitrogens with zero attached hydrogens (tertiary/aromatic N) is 1. The van der Waals surface area contributed by atoms with Gasteiger partial charge >= 0.3 is 0 Å². The van der Waals surface area contributed by atoms with Crippen molar-refractivity contribution in [3.63, 3.8) is 0 Å². The van der Waals surface area contributed by atoms with E-state index in [9.17, 15) is 8.42 Å². The minimum atomic E-state index is -3.47. The molecule has 1 saturated heterocycles. The Labute approximate surface area is 128 Å². The van der Waals surface area contributed by atoms with Crippen LogP contribution in [0.5, 0.6) is 5.75 Å². The molecule has 1 unspecified atom stereocenters. The molecule has 0 aromatic heterocycles. The summed E-state index contributed by atoms with van der Waals surface area (Å²) in [5.74, 6) is 0.620. The summed E-state index contributed by atoms with van der Waals surface area (Å²) in [6.45, 7) is 3.92. The van der Waals surface area contributed by atoms with E-state index in [1.807, 2.05) is 6.92 Å². The molecule has 0 spiro atoms. The summed E-state index contributed by atoms with van der Waals surface area (Å²) in [6, 6.07) is 4.88. The molecule has 112 valence electrons. The quantitative estimate of drug-likeness (QED) is 0.867. The van der Waals surface area contributed by atoms with Gasteiger partial charge in [-0.15, -0.1) is 0 Å². The fraction of sp³-hybridized carbons (Fsp3) is 0.538. The van der Waals surface area contributed by atoms with E-state index >= 15 is 0 Å². The maximum Gasteiger partial charge on any atom is 0.243 e. The van der Waals surface area contributed by atoms with E-state index in [-0.39, 0.29) is 6.04 Å². The third kappa shape index (κ3) is 3.00. The van der Waals surface area contributed by atoms with Crippen LogP contribution in [0.3, 0.4) is 0 Å². The van der Waals surface area contributed by atoms with Crippen LogP contribution in [-0.2, 0) is 10.0 Å². The maximum atomic E-state index is 12.7. The third-order valence-electron chi connectivity index (χ3n) is 3.48. The van der Waals surface area contributed by atoms with E-state index in [0.29, 0.717) is 28.2 Å². The van der Waals surface area contributed by atoms with Crippen molar-refractivity contribution in [2.24, 2.45) is 0 Å². The number of rotatable bonds is 5. The molecule has 7 heteroatoms. The first-order valence-electron chi connectivity index (χ1n) is 6.56. The van der Waals surface area contributed by atoms with E-state index in [2.05, 4.69) is 21.2 Å². The van der Waals surface area contributed by atoms with E-state index in [1.165, 1.54) is 0 Å². The lowest BCUT2D eigenvalue weighted by atomic mass is 10.3. The highest BCUT2D eigenvalue weighted by molar-refractivity contribution is 9.10. The van der Waals surface area contributed by atoms with Crippen LogP contribution in [0.2, 0.25) is 0 Å². The molecule has 1 atom stereocenters. The summed E-state index contributed by atoms with van der Waals surface area (Å²) in [4.78, 5) is 0.291. The molecular formula is C13H19BrN2O3S. The Morgan fingerprint density at radius 2 is 2.25 bits per heavy atom. The number of hydrogen-bond donors (Lipinski definition) is 1. The molecule has 2 rings (SSSR count). The van der Waals surface area contributed by atoms with Crippen molar-refractivity contribution < 1.29 is 13.2 Å². The first kappa shape index (κ1) is 15.8. The molecule has 1 N–H and O–H groups in total. The number of benzene rings is 1. The van der Waals surface area contributed by atoms with Crippen molar-refractivity contribution in [2.75, 3.05) is 26.7 Å². The van der Waals surface area contributed by atoms with E-state index in [0.717, 1.165) is 13.0 Å². The third-order valence-corrected chi connectivity index (χ3v) is 6.13. The molecule has 5 nitrogen and oxygen atoms in total. The largest absolute Gasteiger partial charge is 0.496 e. The van der Waals surface area contributed by atoms with Crippen molar-refractivity contribution in [3.05, 3.63) is 22.7 Å². The summed E-state index contributed by atoms with van der Waals surface area (Å²) >= 11 is 3.33. The Morgan fingerprint density at radius 1 is 1.50 bits per heavy atom. The minimum Gasteiger partial charge on any atom is -0.496 e. The summed E-state index contributed by atoms with van der Waals surface area (Å²) < 4.78 is 32.8. The lowest BCUT2D eigenvalue weighted by Crippen LogP contribution is -2.41. The molecule has 1 aliphatic rings. The molecule has 1 aromatic carbocycles. The predicted molar refractivity (Wildman–Crippen MR) is 81.5 cm³/mol. The van der Waals surface area contributed by atoms with Crippen LogP contribution in [-0.4, -0.2) is 45.5 Å². The number of ether oxygens (including phenoxy) is 1. The minimum absolute atomic E-state index is 0.0332. The Bertz CT molecular complexity index is 571. The van der Waals surface area contributed by atoms with Gasteiger partial charge in [-0.1, -0.05) is 6.92 Å². The molecule has 0 amide bonds. The Kier molecular flexibility index (Phi) is 5.06. The van der Waals surface area contributed by atoms with Gasteiger partial charge in [0.05, 0.1) is 16.5 Å². The molecular weight excluding hydrogens is 344 g/mol. The first-order chi connectivity index (χ1) is 9.50. The van der Waals surface area contributed by atoms with E-state index < -0.39 is 10.0 Å². The molecule has 1 heterocycles. The van der Waals surface area contributed by atoms with Crippen LogP contribution in [0, 0.1) is 0 Å². The second-order valence-electron chi connectivity index (χ2n) is 4.65. The molecule has 0 aliphatic carbocycles. The standard InChI is InChI=1S/C13H19BrN2O3S/c1-3-16(10-6-7-15-9-10)20(17,18)11-4-5-13(19-2)12(14)8-11/h4-5,8,10,15H,3,6-7,9H2,1-2H3. The number of nitrogens with one attached hydrogen (secondary N) is 1. The van der Waals surface area contributed by atoms with Crippen LogP contribution in [0.25, 0.3) is 0 Å². The van der Waals surface area contributed by atoms with Gasteiger partial charge in [0.2, 0.25) is 10.0 Å². The van der Waals surface area contributed by atoms with Gasteiger partial charge in [-0.25, -0.2) is 8.42 Å². The van der Waals surface area contributed by atoms with Crippen LogP contribution in [0.15, 0.2) is 27.6 Å². The zero-order valence-corrected chi connectivity index (χ0v) is 14.0. The molecule has 1 fully saturated rings. The molecule has 1 aromatic rings. The van der Waals surface area contributed by atoms with Crippen molar-refractivity contribution in [2.45, 2.75) is 24.3 Å². The van der Waals surface area contributed by atoms with Crippen LogP contribution >= 0.6 is 15.9 Å².